The molecule has 12 heteroatoms. The van der Waals surface area contributed by atoms with Crippen LogP contribution < -0.4 is 10.2 Å². The van der Waals surface area contributed by atoms with E-state index >= 15 is 0 Å². The summed E-state index contributed by atoms with van der Waals surface area (Å²) in [6.07, 6.45) is 0. The monoisotopic (exact) mass is 476 g/mol. The summed E-state index contributed by atoms with van der Waals surface area (Å²) in [5, 5.41) is -0.0707. The zero-order chi connectivity index (χ0) is 23.2. The molecule has 0 saturated heterocycles. The quantitative estimate of drug-likeness (QED) is 0.585. The maximum atomic E-state index is 12.7. The Labute approximate surface area is 182 Å². The first-order valence-corrected chi connectivity index (χ1v) is 10.8. The molecule has 0 unspecified atom stereocenters. The normalized spacial score (nSPS) is 11.5. The number of benzene rings is 2. The van der Waals surface area contributed by atoms with Crippen LogP contribution in [0.25, 0.3) is 0 Å². The highest BCUT2D eigenvalue weighted by atomic mass is 35.5. The van der Waals surface area contributed by atoms with Crippen molar-refractivity contribution in [3.8, 4) is 5.75 Å². The third-order valence-corrected chi connectivity index (χ3v) is 6.60. The molecule has 2 rings (SSSR count). The number of nitrogens with zero attached hydrogens (tertiary/aromatic N) is 1. The molecule has 0 fully saturated rings. The minimum Gasteiger partial charge on any atom is -0.435 e. The van der Waals surface area contributed by atoms with Crippen molar-refractivity contribution in [1.29, 1.82) is 0 Å². The van der Waals surface area contributed by atoms with Gasteiger partial charge in [0, 0.05) is 18.7 Å². The van der Waals surface area contributed by atoms with Crippen LogP contribution in [0, 0.1) is 0 Å². The van der Waals surface area contributed by atoms with Crippen molar-refractivity contribution in [2.75, 3.05) is 13.1 Å². The number of rotatable bonds is 8. The van der Waals surface area contributed by atoms with Crippen LogP contribution in [-0.2, 0) is 14.9 Å². The van der Waals surface area contributed by atoms with Crippen molar-refractivity contribution in [2.45, 2.75) is 25.4 Å². The lowest BCUT2D eigenvalue weighted by atomic mass is 10.2. The predicted octanol–water partition coefficient (Wildman–Crippen LogP) is 3.47. The lowest BCUT2D eigenvalue weighted by Gasteiger charge is -2.19. The van der Waals surface area contributed by atoms with Crippen molar-refractivity contribution in [3.05, 3.63) is 58.6 Å². The van der Waals surface area contributed by atoms with Crippen molar-refractivity contribution < 1.29 is 36.4 Å². The number of ether oxygens (including phenoxy) is 1. The van der Waals surface area contributed by atoms with Crippen LogP contribution in [0.4, 0.5) is 8.78 Å². The van der Waals surface area contributed by atoms with Crippen molar-refractivity contribution in [1.82, 2.24) is 9.79 Å². The molecule has 2 aromatic rings. The van der Waals surface area contributed by atoms with E-state index in [2.05, 4.69) is 4.74 Å². The van der Waals surface area contributed by atoms with Gasteiger partial charge in [0.1, 0.15) is 10.6 Å². The Morgan fingerprint density at radius 3 is 2.19 bits per heavy atom. The molecule has 1 N–H and O–H groups in total. The van der Waals surface area contributed by atoms with E-state index in [4.69, 9.17) is 16.4 Å². The predicted molar refractivity (Wildman–Crippen MR) is 108 cm³/mol. The number of nitrogens with one attached hydrogen (secondary N) is 1. The van der Waals surface area contributed by atoms with E-state index in [9.17, 15) is 26.8 Å². The van der Waals surface area contributed by atoms with Crippen LogP contribution in [0.1, 0.15) is 34.6 Å². The standard InChI is InChI=1S/C19H19ClF2N2O6S/c1-3-24(4-2)31(27,28)16-11-13(7-10-15(16)20)18(26)30-23-17(25)12-5-8-14(9-6-12)29-19(21)22/h5-11,19H,3-4H2,1-2H3,(H,23,25). The van der Waals surface area contributed by atoms with Crippen LogP contribution in [-0.4, -0.2) is 44.3 Å². The van der Waals surface area contributed by atoms with Gasteiger partial charge in [-0.2, -0.15) is 18.6 Å². The summed E-state index contributed by atoms with van der Waals surface area (Å²) in [5.41, 5.74) is 1.76. The van der Waals surface area contributed by atoms with E-state index in [1.54, 1.807) is 13.8 Å². The Hall–Kier alpha value is -2.76. The molecule has 1 amide bonds. The molecule has 168 valence electrons. The highest BCUT2D eigenvalue weighted by Crippen LogP contribution is 2.26. The van der Waals surface area contributed by atoms with Crippen LogP contribution in [0.5, 0.6) is 5.75 Å². The van der Waals surface area contributed by atoms with E-state index in [0.29, 0.717) is 0 Å². The smallest absolute Gasteiger partial charge is 0.387 e. The van der Waals surface area contributed by atoms with Gasteiger partial charge in [0.15, 0.2) is 0 Å². The molecule has 0 heterocycles. The molecule has 0 spiro atoms. The number of sulfonamides is 1. The second-order valence-corrected chi connectivity index (χ2v) is 8.27. The molecule has 0 radical (unpaired) electrons. The zero-order valence-corrected chi connectivity index (χ0v) is 18.0. The van der Waals surface area contributed by atoms with Gasteiger partial charge in [-0.1, -0.05) is 25.4 Å². The average molecular weight is 477 g/mol. The highest BCUT2D eigenvalue weighted by molar-refractivity contribution is 7.89. The number of amides is 1. The Kier molecular flexibility index (Phi) is 8.31. The first-order valence-electron chi connectivity index (χ1n) is 8.96. The van der Waals surface area contributed by atoms with E-state index in [1.165, 1.54) is 28.6 Å². The Balaban J connectivity index is 2.11. The molecule has 0 aliphatic heterocycles. The van der Waals surface area contributed by atoms with E-state index < -0.39 is 28.5 Å². The molecule has 0 saturated carbocycles. The molecule has 8 nitrogen and oxygen atoms in total. The van der Waals surface area contributed by atoms with Crippen molar-refractivity contribution >= 4 is 33.5 Å². The summed E-state index contributed by atoms with van der Waals surface area (Å²) in [7, 11) is -3.93. The van der Waals surface area contributed by atoms with Crippen LogP contribution in [0.2, 0.25) is 5.02 Å². The number of carbonyl (C=O) groups excluding carboxylic acids is 2. The van der Waals surface area contributed by atoms with Gasteiger partial charge in [-0.15, -0.1) is 0 Å². The molecule has 0 bridgehead atoms. The zero-order valence-electron chi connectivity index (χ0n) is 16.5. The largest absolute Gasteiger partial charge is 0.435 e. The molecule has 0 aliphatic rings. The van der Waals surface area contributed by atoms with E-state index in [-0.39, 0.29) is 39.9 Å². The summed E-state index contributed by atoms with van der Waals surface area (Å²) in [5.74, 6) is -2.01. The van der Waals surface area contributed by atoms with Crippen LogP contribution >= 0.6 is 11.6 Å². The Bertz CT molecular complexity index is 1040. The number of carbonyl (C=O) groups is 2. The third-order valence-electron chi connectivity index (χ3n) is 4.07. The van der Waals surface area contributed by atoms with Gasteiger partial charge in [0.05, 0.1) is 10.6 Å². The molecule has 0 aromatic heterocycles. The number of halogens is 3. The van der Waals surface area contributed by atoms with E-state index in [0.717, 1.165) is 18.2 Å². The lowest BCUT2D eigenvalue weighted by Crippen LogP contribution is -2.31. The maximum Gasteiger partial charge on any atom is 0.387 e. The lowest BCUT2D eigenvalue weighted by molar-refractivity contribution is -0.0498. The van der Waals surface area contributed by atoms with Gasteiger partial charge in [-0.05, 0) is 42.5 Å². The first-order chi connectivity index (χ1) is 14.6. The molecule has 2 aromatic carbocycles. The minimum absolute atomic E-state index is 0.00956. The third kappa shape index (κ3) is 6.12. The number of hydrogen-bond acceptors (Lipinski definition) is 6. The Morgan fingerprint density at radius 1 is 1.06 bits per heavy atom. The number of hydrogen-bond donors (Lipinski definition) is 1. The van der Waals surface area contributed by atoms with Gasteiger partial charge in [0.25, 0.3) is 5.91 Å². The highest BCUT2D eigenvalue weighted by Gasteiger charge is 2.26. The summed E-state index contributed by atoms with van der Waals surface area (Å²) in [6, 6.07) is 8.21. The van der Waals surface area contributed by atoms with Crippen LogP contribution in [0.3, 0.4) is 0 Å². The number of alkyl halides is 2. The van der Waals surface area contributed by atoms with E-state index in [1.807, 2.05) is 5.48 Å². The second kappa shape index (κ2) is 10.5. The summed E-state index contributed by atoms with van der Waals surface area (Å²) in [4.78, 5) is 28.8. The van der Waals surface area contributed by atoms with Gasteiger partial charge in [0.2, 0.25) is 10.0 Å². The Morgan fingerprint density at radius 2 is 1.65 bits per heavy atom. The number of hydroxylamine groups is 1. The first kappa shape index (κ1) is 24.5. The molecule has 31 heavy (non-hydrogen) atoms. The molecule has 0 aliphatic carbocycles. The van der Waals surface area contributed by atoms with Crippen molar-refractivity contribution in [2.24, 2.45) is 0 Å². The van der Waals surface area contributed by atoms with Gasteiger partial charge in [-0.25, -0.2) is 13.2 Å². The SMILES string of the molecule is CCN(CC)S(=O)(=O)c1cc(C(=O)ONC(=O)c2ccc(OC(F)F)cc2)ccc1Cl. The van der Waals surface area contributed by atoms with Crippen molar-refractivity contribution in [3.63, 3.8) is 0 Å². The average Bonchev–Trinajstić information content (AvgIpc) is 2.72. The molecular weight excluding hydrogens is 458 g/mol. The maximum absolute atomic E-state index is 12.7. The van der Waals surface area contributed by atoms with Crippen LogP contribution in [0.15, 0.2) is 47.4 Å². The topological polar surface area (TPSA) is 102 Å². The summed E-state index contributed by atoms with van der Waals surface area (Å²) >= 11 is 6.01. The fraction of sp³-hybridized carbons (Fsp3) is 0.263. The fourth-order valence-electron chi connectivity index (χ4n) is 2.53. The second-order valence-electron chi connectivity index (χ2n) is 5.96. The molecular formula is C19H19ClF2N2O6S. The summed E-state index contributed by atoms with van der Waals surface area (Å²) in [6.45, 7) is 0.737. The minimum atomic E-state index is -3.93. The van der Waals surface area contributed by atoms with Gasteiger partial charge >= 0.3 is 12.6 Å². The molecule has 0 atom stereocenters. The van der Waals surface area contributed by atoms with Gasteiger partial charge < -0.3 is 9.57 Å². The fourth-order valence-corrected chi connectivity index (χ4v) is 4.49. The summed E-state index contributed by atoms with van der Waals surface area (Å²) < 4.78 is 55.1. The van der Waals surface area contributed by atoms with Gasteiger partial charge in [-0.3, -0.25) is 4.79 Å².